The Kier molecular flexibility index (Phi) is 4.04. The topological polar surface area (TPSA) is 0 Å². The molecule has 0 saturated heterocycles. The molecule has 0 saturated carbocycles. The Morgan fingerprint density at radius 2 is 1.03 bits per heavy atom. The minimum atomic E-state index is -0.193. The van der Waals surface area contributed by atoms with Crippen molar-refractivity contribution in [2.75, 3.05) is 0 Å². The first kappa shape index (κ1) is 19.3. The summed E-state index contributed by atoms with van der Waals surface area (Å²) in [5, 5.41) is 4.75. The summed E-state index contributed by atoms with van der Waals surface area (Å²) in [6, 6.07) is 37.2. The second-order valence-electron chi connectivity index (χ2n) is 9.05. The summed E-state index contributed by atoms with van der Waals surface area (Å²) < 4.78 is 15.4. The number of aryl methyl sites for hydroxylation is 1. The number of hydrogen-bond donors (Lipinski definition) is 0. The van der Waals surface area contributed by atoms with Crippen LogP contribution in [0, 0.1) is 12.7 Å². The highest BCUT2D eigenvalue weighted by atomic mass is 19.1. The Bertz CT molecular complexity index is 1760. The molecule has 160 valence electrons. The molecule has 7 rings (SSSR count). The van der Waals surface area contributed by atoms with Crippen molar-refractivity contribution in [1.82, 2.24) is 0 Å². The van der Waals surface area contributed by atoms with E-state index in [1.54, 1.807) is 12.1 Å². The molecule has 0 radical (unpaired) electrons. The van der Waals surface area contributed by atoms with Gasteiger partial charge in [-0.05, 0) is 73.5 Å². The predicted octanol–water partition coefficient (Wildman–Crippen LogP) is 9.42. The maximum absolute atomic E-state index is 15.4. The molecule has 0 bridgehead atoms. The summed E-state index contributed by atoms with van der Waals surface area (Å²) >= 11 is 0. The van der Waals surface area contributed by atoms with E-state index in [1.807, 2.05) is 12.1 Å². The van der Waals surface area contributed by atoms with E-state index in [0.29, 0.717) is 5.56 Å². The van der Waals surface area contributed by atoms with Crippen molar-refractivity contribution in [1.29, 1.82) is 0 Å². The fourth-order valence-electron chi connectivity index (χ4n) is 5.79. The van der Waals surface area contributed by atoms with Gasteiger partial charge in [-0.3, -0.25) is 0 Å². The standard InChI is InChI=1S/C33H21F/c1-20-18-19-27-30-22(20)15-9-16-26(30)32-29(21-10-3-2-4-11-21)23-12-5-6-13-24(23)31(33(27)32)25-14-7-8-17-28(25)34/h2-19H,1H3. The highest BCUT2D eigenvalue weighted by Gasteiger charge is 2.31. The van der Waals surface area contributed by atoms with Crippen molar-refractivity contribution in [2.45, 2.75) is 6.92 Å². The first-order valence-corrected chi connectivity index (χ1v) is 11.7. The maximum Gasteiger partial charge on any atom is 0.131 e. The van der Waals surface area contributed by atoms with Gasteiger partial charge in [-0.1, -0.05) is 103 Å². The molecule has 6 aromatic rings. The third kappa shape index (κ3) is 2.53. The Labute approximate surface area is 197 Å². The van der Waals surface area contributed by atoms with Crippen LogP contribution < -0.4 is 0 Å². The smallest absolute Gasteiger partial charge is 0.131 e. The minimum absolute atomic E-state index is 0.193. The van der Waals surface area contributed by atoms with Crippen molar-refractivity contribution < 1.29 is 4.39 Å². The lowest BCUT2D eigenvalue weighted by molar-refractivity contribution is 0.631. The van der Waals surface area contributed by atoms with Gasteiger partial charge in [0.25, 0.3) is 0 Å². The van der Waals surface area contributed by atoms with Gasteiger partial charge in [-0.25, -0.2) is 4.39 Å². The molecule has 0 nitrogen and oxygen atoms in total. The zero-order valence-corrected chi connectivity index (χ0v) is 18.8. The number of rotatable bonds is 2. The Morgan fingerprint density at radius 3 is 1.82 bits per heavy atom. The van der Waals surface area contributed by atoms with E-state index in [2.05, 4.69) is 91.9 Å². The van der Waals surface area contributed by atoms with Crippen LogP contribution in [0.5, 0.6) is 0 Å². The van der Waals surface area contributed by atoms with Crippen LogP contribution in [-0.4, -0.2) is 0 Å². The predicted molar refractivity (Wildman–Crippen MR) is 141 cm³/mol. The lowest BCUT2D eigenvalue weighted by Gasteiger charge is -2.20. The molecule has 1 heteroatoms. The van der Waals surface area contributed by atoms with E-state index in [1.165, 1.54) is 44.2 Å². The average Bonchev–Trinajstić information content (AvgIpc) is 3.21. The molecule has 1 aliphatic rings. The van der Waals surface area contributed by atoms with Crippen LogP contribution in [0.2, 0.25) is 0 Å². The van der Waals surface area contributed by atoms with Gasteiger partial charge in [0.1, 0.15) is 5.82 Å². The normalized spacial score (nSPS) is 11.8. The van der Waals surface area contributed by atoms with E-state index >= 15 is 4.39 Å². The van der Waals surface area contributed by atoms with Gasteiger partial charge in [0.05, 0.1) is 0 Å². The number of hydrogen-bond acceptors (Lipinski definition) is 0. The first-order valence-electron chi connectivity index (χ1n) is 11.7. The lowest BCUT2D eigenvalue weighted by Crippen LogP contribution is -1.95. The summed E-state index contributed by atoms with van der Waals surface area (Å²) in [6.07, 6.45) is 0. The Morgan fingerprint density at radius 1 is 0.441 bits per heavy atom. The largest absolute Gasteiger partial charge is 0.206 e. The van der Waals surface area contributed by atoms with Crippen LogP contribution >= 0.6 is 0 Å². The molecule has 0 aliphatic heterocycles. The van der Waals surface area contributed by atoms with Gasteiger partial charge in [0.2, 0.25) is 0 Å². The number of benzene rings is 6. The summed E-state index contributed by atoms with van der Waals surface area (Å²) in [4.78, 5) is 0. The van der Waals surface area contributed by atoms with Crippen molar-refractivity contribution in [3.8, 4) is 44.5 Å². The molecular weight excluding hydrogens is 415 g/mol. The molecule has 0 heterocycles. The van der Waals surface area contributed by atoms with Gasteiger partial charge in [0, 0.05) is 11.1 Å². The zero-order chi connectivity index (χ0) is 22.8. The monoisotopic (exact) mass is 436 g/mol. The highest BCUT2D eigenvalue weighted by molar-refractivity contribution is 6.27. The summed E-state index contributed by atoms with van der Waals surface area (Å²) in [5.41, 5.74) is 10.0. The third-order valence-electron chi connectivity index (χ3n) is 7.22. The molecule has 0 unspecified atom stereocenters. The molecule has 0 atom stereocenters. The first-order chi connectivity index (χ1) is 16.7. The van der Waals surface area contributed by atoms with E-state index in [4.69, 9.17) is 0 Å². The summed E-state index contributed by atoms with van der Waals surface area (Å²) in [5.74, 6) is -0.193. The maximum atomic E-state index is 15.4. The highest BCUT2D eigenvalue weighted by Crippen LogP contribution is 2.57. The second kappa shape index (κ2) is 7.13. The molecule has 1 aliphatic carbocycles. The van der Waals surface area contributed by atoms with Gasteiger partial charge in [-0.2, -0.15) is 0 Å². The van der Waals surface area contributed by atoms with Crippen molar-refractivity contribution in [3.05, 3.63) is 121 Å². The van der Waals surface area contributed by atoms with Crippen LogP contribution in [0.15, 0.2) is 109 Å². The summed E-state index contributed by atoms with van der Waals surface area (Å²) in [6.45, 7) is 2.16. The SMILES string of the molecule is Cc1ccc2c3c(cccc13)-c1c-2c(-c2ccccc2F)c2ccccc2c1-c1ccccc1. The van der Waals surface area contributed by atoms with E-state index in [9.17, 15) is 0 Å². The lowest BCUT2D eigenvalue weighted by atomic mass is 9.82. The average molecular weight is 437 g/mol. The minimum Gasteiger partial charge on any atom is -0.206 e. The Balaban J connectivity index is 1.78. The van der Waals surface area contributed by atoms with Crippen LogP contribution in [0.1, 0.15) is 5.56 Å². The van der Waals surface area contributed by atoms with Crippen LogP contribution in [-0.2, 0) is 0 Å². The molecule has 0 amide bonds. The fourth-order valence-corrected chi connectivity index (χ4v) is 5.79. The molecule has 0 N–H and O–H groups in total. The third-order valence-corrected chi connectivity index (χ3v) is 7.22. The molecule has 0 spiro atoms. The fraction of sp³-hybridized carbons (Fsp3) is 0.0303. The van der Waals surface area contributed by atoms with Gasteiger partial charge < -0.3 is 0 Å². The number of halogens is 1. The zero-order valence-electron chi connectivity index (χ0n) is 18.8. The summed E-state index contributed by atoms with van der Waals surface area (Å²) in [7, 11) is 0. The number of fused-ring (bicyclic) bond motifs is 4. The molecule has 0 aromatic heterocycles. The van der Waals surface area contributed by atoms with Crippen LogP contribution in [0.4, 0.5) is 4.39 Å². The molecular formula is C33H21F. The molecule has 0 fully saturated rings. The van der Waals surface area contributed by atoms with E-state index < -0.39 is 0 Å². The molecule has 34 heavy (non-hydrogen) atoms. The van der Waals surface area contributed by atoms with Crippen LogP contribution in [0.3, 0.4) is 0 Å². The van der Waals surface area contributed by atoms with Gasteiger partial charge in [-0.15, -0.1) is 0 Å². The van der Waals surface area contributed by atoms with Crippen molar-refractivity contribution >= 4 is 21.5 Å². The van der Waals surface area contributed by atoms with Gasteiger partial charge >= 0.3 is 0 Å². The van der Waals surface area contributed by atoms with Crippen LogP contribution in [0.25, 0.3) is 66.1 Å². The quantitative estimate of drug-likeness (QED) is 0.253. The molecule has 6 aromatic carbocycles. The van der Waals surface area contributed by atoms with Crippen molar-refractivity contribution in [2.24, 2.45) is 0 Å². The van der Waals surface area contributed by atoms with Crippen molar-refractivity contribution in [3.63, 3.8) is 0 Å². The van der Waals surface area contributed by atoms with E-state index in [0.717, 1.165) is 21.9 Å². The second-order valence-corrected chi connectivity index (χ2v) is 9.05. The van der Waals surface area contributed by atoms with Gasteiger partial charge in [0.15, 0.2) is 0 Å². The Hall–Kier alpha value is -4.23. The van der Waals surface area contributed by atoms with E-state index in [-0.39, 0.29) is 5.82 Å².